The molecule has 48 valence electrons. The van der Waals surface area contributed by atoms with E-state index in [1.165, 1.54) is 0 Å². The van der Waals surface area contributed by atoms with Gasteiger partial charge in [-0.2, -0.15) is 4.91 Å². The first-order chi connectivity index (χ1) is 4.42. The topological polar surface area (TPSA) is 29.4 Å². The van der Waals surface area contributed by atoms with Crippen molar-refractivity contribution < 1.29 is 0 Å². The van der Waals surface area contributed by atoms with Crippen LogP contribution in [0.1, 0.15) is 12.8 Å². The third-order valence-electron chi connectivity index (χ3n) is 3.38. The van der Waals surface area contributed by atoms with E-state index in [1.54, 1.807) is 0 Å². The maximum absolute atomic E-state index is 10.1. The molecule has 0 atom stereocenters. The van der Waals surface area contributed by atoms with Crippen molar-refractivity contribution in [3.8, 4) is 0 Å². The van der Waals surface area contributed by atoms with Crippen LogP contribution in [0, 0.1) is 28.6 Å². The summed E-state index contributed by atoms with van der Waals surface area (Å²) in [4.78, 5) is 10.1. The molecule has 0 N–H and O–H groups in total. The molecule has 0 radical (unpaired) electrons. The molecule has 2 bridgehead atoms. The van der Waals surface area contributed by atoms with Crippen LogP contribution in [0.4, 0.5) is 0 Å². The molecule has 0 saturated heterocycles. The normalized spacial score (nSPS) is 66.4. The van der Waals surface area contributed by atoms with E-state index in [9.17, 15) is 4.91 Å². The van der Waals surface area contributed by atoms with Gasteiger partial charge in [0.05, 0.1) is 6.04 Å². The summed E-state index contributed by atoms with van der Waals surface area (Å²) < 4.78 is 0. The van der Waals surface area contributed by atoms with E-state index in [0.717, 1.165) is 36.5 Å². The zero-order chi connectivity index (χ0) is 6.01. The van der Waals surface area contributed by atoms with Crippen LogP contribution in [0.3, 0.4) is 0 Å². The largest absolute Gasteiger partial charge is 0.151 e. The van der Waals surface area contributed by atoms with Gasteiger partial charge in [-0.1, -0.05) is 5.18 Å². The first-order valence-electron chi connectivity index (χ1n) is 3.74. The monoisotopic (exact) mass is 123 g/mol. The van der Waals surface area contributed by atoms with E-state index in [1.807, 2.05) is 0 Å². The van der Waals surface area contributed by atoms with Crippen molar-refractivity contribution in [2.45, 2.75) is 18.9 Å². The number of nitroso groups, excluding NO2 is 1. The smallest absolute Gasteiger partial charge is 0.0925 e. The lowest BCUT2D eigenvalue weighted by Gasteiger charge is -2.22. The lowest BCUT2D eigenvalue weighted by molar-refractivity contribution is 0.300. The summed E-state index contributed by atoms with van der Waals surface area (Å²) in [5.74, 6) is 4.05. The Morgan fingerprint density at radius 3 is 2.11 bits per heavy atom. The molecule has 0 heterocycles. The fourth-order valence-electron chi connectivity index (χ4n) is 2.78. The Morgan fingerprint density at radius 1 is 1.11 bits per heavy atom. The first kappa shape index (κ1) is 4.42. The van der Waals surface area contributed by atoms with Gasteiger partial charge in [0, 0.05) is 0 Å². The summed E-state index contributed by atoms with van der Waals surface area (Å²) in [6, 6.07) is 0.204. The van der Waals surface area contributed by atoms with Gasteiger partial charge in [-0.3, -0.25) is 0 Å². The van der Waals surface area contributed by atoms with Crippen LogP contribution >= 0.6 is 0 Å². The molecular formula is C7H9NO. The molecule has 0 amide bonds. The maximum atomic E-state index is 10.1. The first-order valence-corrected chi connectivity index (χ1v) is 3.74. The summed E-state index contributed by atoms with van der Waals surface area (Å²) in [5, 5.41) is 3.09. The third kappa shape index (κ3) is 0.364. The minimum absolute atomic E-state index is 0.204. The van der Waals surface area contributed by atoms with E-state index < -0.39 is 0 Å². The molecule has 4 aliphatic rings. The average Bonchev–Trinajstić information content (AvgIpc) is 2.76. The Labute approximate surface area is 53.6 Å². The SMILES string of the molecule is O=NC1CC2C3C(C1)C23. The lowest BCUT2D eigenvalue weighted by Crippen LogP contribution is -2.20. The standard InChI is InChI=1S/C7H9NO/c9-8-3-1-4-6-5(2-3)7(4)6/h3-7H,1-2H2. The quantitative estimate of drug-likeness (QED) is 0.485. The van der Waals surface area contributed by atoms with Crippen LogP contribution in [-0.2, 0) is 0 Å². The van der Waals surface area contributed by atoms with Gasteiger partial charge in [-0.05, 0) is 36.5 Å². The number of nitrogens with zero attached hydrogens (tertiary/aromatic N) is 1. The van der Waals surface area contributed by atoms with E-state index in [4.69, 9.17) is 0 Å². The molecule has 4 rings (SSSR count). The molecule has 0 aromatic carbocycles. The zero-order valence-corrected chi connectivity index (χ0v) is 5.16. The van der Waals surface area contributed by atoms with Crippen LogP contribution in [0.15, 0.2) is 5.18 Å². The van der Waals surface area contributed by atoms with Gasteiger partial charge < -0.3 is 0 Å². The molecule has 0 spiro atoms. The highest BCUT2D eigenvalue weighted by Gasteiger charge is 2.75. The second-order valence-electron chi connectivity index (χ2n) is 3.71. The summed E-state index contributed by atoms with van der Waals surface area (Å²) in [5.41, 5.74) is 0. The highest BCUT2D eigenvalue weighted by atomic mass is 16.3. The zero-order valence-electron chi connectivity index (χ0n) is 5.16. The van der Waals surface area contributed by atoms with Gasteiger partial charge >= 0.3 is 0 Å². The van der Waals surface area contributed by atoms with Gasteiger partial charge in [0.2, 0.25) is 0 Å². The second kappa shape index (κ2) is 1.07. The average molecular weight is 123 g/mol. The number of hydrogen-bond donors (Lipinski definition) is 0. The molecule has 2 nitrogen and oxygen atoms in total. The third-order valence-corrected chi connectivity index (χ3v) is 3.38. The van der Waals surface area contributed by atoms with Crippen LogP contribution in [0.2, 0.25) is 0 Å². The summed E-state index contributed by atoms with van der Waals surface area (Å²) in [6.45, 7) is 0. The van der Waals surface area contributed by atoms with Crippen molar-refractivity contribution in [1.29, 1.82) is 0 Å². The van der Waals surface area contributed by atoms with Crippen LogP contribution in [0.5, 0.6) is 0 Å². The predicted octanol–water partition coefficient (Wildman–Crippen LogP) is 1.41. The van der Waals surface area contributed by atoms with Gasteiger partial charge in [0.1, 0.15) is 0 Å². The summed E-state index contributed by atoms with van der Waals surface area (Å²) in [7, 11) is 0. The Hall–Kier alpha value is -0.400. The minimum Gasteiger partial charge on any atom is -0.151 e. The van der Waals surface area contributed by atoms with Crippen molar-refractivity contribution in [3.05, 3.63) is 4.91 Å². The molecule has 2 heteroatoms. The van der Waals surface area contributed by atoms with Gasteiger partial charge in [-0.25, -0.2) is 0 Å². The number of hydrogen-bond acceptors (Lipinski definition) is 2. The molecule has 0 aromatic heterocycles. The van der Waals surface area contributed by atoms with E-state index in [-0.39, 0.29) is 6.04 Å². The molecule has 0 aliphatic heterocycles. The molecule has 0 unspecified atom stereocenters. The Bertz CT molecular complexity index is 156. The molecule has 9 heavy (non-hydrogen) atoms. The van der Waals surface area contributed by atoms with Crippen LogP contribution < -0.4 is 0 Å². The van der Waals surface area contributed by atoms with Gasteiger partial charge in [-0.15, -0.1) is 0 Å². The summed E-state index contributed by atoms with van der Waals surface area (Å²) >= 11 is 0. The number of rotatable bonds is 1. The highest BCUT2D eigenvalue weighted by Crippen LogP contribution is 2.78. The second-order valence-corrected chi connectivity index (χ2v) is 3.71. The van der Waals surface area contributed by atoms with E-state index in [0.29, 0.717) is 0 Å². The van der Waals surface area contributed by atoms with Crippen molar-refractivity contribution in [1.82, 2.24) is 0 Å². The van der Waals surface area contributed by atoms with Crippen molar-refractivity contribution >= 4 is 0 Å². The van der Waals surface area contributed by atoms with Crippen molar-refractivity contribution in [2.24, 2.45) is 28.8 Å². The highest BCUT2D eigenvalue weighted by molar-refractivity contribution is 5.23. The minimum atomic E-state index is 0.204. The molecule has 4 fully saturated rings. The molecule has 0 aromatic rings. The van der Waals surface area contributed by atoms with E-state index in [2.05, 4.69) is 5.18 Å². The fourth-order valence-corrected chi connectivity index (χ4v) is 2.78. The van der Waals surface area contributed by atoms with Gasteiger partial charge in [0.15, 0.2) is 0 Å². The molecular weight excluding hydrogens is 114 g/mol. The van der Waals surface area contributed by atoms with Crippen LogP contribution in [0.25, 0.3) is 0 Å². The number of fused-ring (bicyclic) bond motifs is 2. The summed E-state index contributed by atoms with van der Waals surface area (Å²) in [6.07, 6.45) is 2.24. The van der Waals surface area contributed by atoms with Crippen molar-refractivity contribution in [3.63, 3.8) is 0 Å². The molecule has 4 saturated carbocycles. The maximum Gasteiger partial charge on any atom is 0.0925 e. The van der Waals surface area contributed by atoms with Crippen molar-refractivity contribution in [2.75, 3.05) is 0 Å². The van der Waals surface area contributed by atoms with E-state index >= 15 is 0 Å². The Morgan fingerprint density at radius 2 is 1.67 bits per heavy atom. The Kier molecular flexibility index (Phi) is 0.525. The van der Waals surface area contributed by atoms with Gasteiger partial charge in [0.25, 0.3) is 0 Å². The molecule has 4 aliphatic carbocycles. The lowest BCUT2D eigenvalue weighted by atomic mass is 9.85. The Balaban J connectivity index is 1.78. The van der Waals surface area contributed by atoms with Crippen LogP contribution in [-0.4, -0.2) is 6.04 Å². The predicted molar refractivity (Wildman–Crippen MR) is 32.8 cm³/mol. The fraction of sp³-hybridized carbons (Fsp3) is 1.00.